The van der Waals surface area contributed by atoms with Crippen LogP contribution in [0.4, 0.5) is 0 Å². The van der Waals surface area contributed by atoms with Crippen molar-refractivity contribution in [2.24, 2.45) is 5.92 Å². The van der Waals surface area contributed by atoms with Crippen molar-refractivity contribution >= 4 is 11.9 Å². The fourth-order valence-electron chi connectivity index (χ4n) is 2.17. The largest absolute Gasteiger partial charge is 0.480 e. The molecule has 0 bridgehead atoms. The van der Waals surface area contributed by atoms with Gasteiger partial charge in [0, 0.05) is 13.0 Å². The summed E-state index contributed by atoms with van der Waals surface area (Å²) in [5.74, 6) is -1.45. The molecule has 1 amide bonds. The highest BCUT2D eigenvalue weighted by Crippen LogP contribution is 2.33. The van der Waals surface area contributed by atoms with Gasteiger partial charge in [0.05, 0.1) is 12.0 Å². The highest BCUT2D eigenvalue weighted by molar-refractivity contribution is 5.87. The fraction of sp³-hybridized carbons (Fsp3) is 0.467. The summed E-state index contributed by atoms with van der Waals surface area (Å²) in [5.41, 5.74) is 0.886. The van der Waals surface area contributed by atoms with E-state index in [0.717, 1.165) is 5.56 Å². The Labute approximate surface area is 117 Å². The zero-order valence-corrected chi connectivity index (χ0v) is 11.4. The number of carboxylic acid groups (broad SMARTS) is 1. The van der Waals surface area contributed by atoms with E-state index in [9.17, 15) is 14.7 Å². The van der Waals surface area contributed by atoms with Crippen molar-refractivity contribution < 1.29 is 19.4 Å². The van der Waals surface area contributed by atoms with E-state index in [4.69, 9.17) is 4.74 Å². The van der Waals surface area contributed by atoms with Crippen molar-refractivity contribution in [2.75, 3.05) is 6.61 Å². The Kier molecular flexibility index (Phi) is 4.74. The van der Waals surface area contributed by atoms with Gasteiger partial charge >= 0.3 is 5.97 Å². The van der Waals surface area contributed by atoms with E-state index in [2.05, 4.69) is 5.32 Å². The molecule has 0 spiro atoms. The van der Waals surface area contributed by atoms with Crippen LogP contribution in [0.1, 0.15) is 18.9 Å². The van der Waals surface area contributed by atoms with Gasteiger partial charge in [0.15, 0.2) is 0 Å². The molecule has 0 saturated heterocycles. The molecule has 1 saturated carbocycles. The number of ether oxygens (including phenoxy) is 1. The van der Waals surface area contributed by atoms with Crippen LogP contribution in [0.5, 0.6) is 0 Å². The highest BCUT2D eigenvalue weighted by atomic mass is 16.5. The van der Waals surface area contributed by atoms with Crippen LogP contribution in [-0.4, -0.2) is 35.7 Å². The smallest absolute Gasteiger partial charge is 0.326 e. The molecule has 2 rings (SSSR count). The van der Waals surface area contributed by atoms with Gasteiger partial charge in [-0.15, -0.1) is 0 Å². The second-order valence-corrected chi connectivity index (χ2v) is 4.93. The van der Waals surface area contributed by atoms with Gasteiger partial charge in [-0.25, -0.2) is 4.79 Å². The monoisotopic (exact) mass is 277 g/mol. The van der Waals surface area contributed by atoms with Gasteiger partial charge in [-0.2, -0.15) is 0 Å². The first-order valence-corrected chi connectivity index (χ1v) is 6.80. The molecule has 5 nitrogen and oxygen atoms in total. The molecule has 1 aliphatic carbocycles. The number of nitrogens with one attached hydrogen (secondary N) is 1. The molecular formula is C15H19NO4. The van der Waals surface area contributed by atoms with Crippen molar-refractivity contribution in [3.63, 3.8) is 0 Å². The molecule has 0 aliphatic heterocycles. The number of amides is 1. The number of aliphatic carboxylic acids is 1. The van der Waals surface area contributed by atoms with E-state index in [-0.39, 0.29) is 24.3 Å². The number of carboxylic acids is 1. The maximum absolute atomic E-state index is 11.9. The van der Waals surface area contributed by atoms with Gasteiger partial charge in [-0.1, -0.05) is 30.3 Å². The molecule has 0 aromatic heterocycles. The lowest BCUT2D eigenvalue weighted by molar-refractivity contribution is -0.142. The first kappa shape index (κ1) is 14.5. The summed E-state index contributed by atoms with van der Waals surface area (Å²) < 4.78 is 5.34. The zero-order valence-electron chi connectivity index (χ0n) is 11.4. The summed E-state index contributed by atoms with van der Waals surface area (Å²) in [7, 11) is 0. The first-order valence-electron chi connectivity index (χ1n) is 6.80. The zero-order chi connectivity index (χ0) is 14.5. The molecule has 0 unspecified atom stereocenters. The van der Waals surface area contributed by atoms with Gasteiger partial charge in [-0.05, 0) is 18.9 Å². The maximum atomic E-state index is 11.9. The number of carbonyl (C=O) groups excluding carboxylic acids is 1. The minimum absolute atomic E-state index is 0.0498. The van der Waals surface area contributed by atoms with Crippen molar-refractivity contribution in [3.05, 3.63) is 35.9 Å². The van der Waals surface area contributed by atoms with Gasteiger partial charge in [0.1, 0.15) is 6.04 Å². The van der Waals surface area contributed by atoms with Crippen LogP contribution < -0.4 is 5.32 Å². The maximum Gasteiger partial charge on any atom is 0.326 e. The minimum atomic E-state index is -1.02. The third-order valence-corrected chi connectivity index (χ3v) is 3.35. The van der Waals surface area contributed by atoms with Gasteiger partial charge in [0.2, 0.25) is 5.91 Å². The predicted octanol–water partition coefficient (Wildman–Crippen LogP) is 1.22. The van der Waals surface area contributed by atoms with E-state index in [1.54, 1.807) is 0 Å². The summed E-state index contributed by atoms with van der Waals surface area (Å²) in [6.45, 7) is 2.45. The molecule has 0 heterocycles. The van der Waals surface area contributed by atoms with Crippen molar-refractivity contribution in [2.45, 2.75) is 31.9 Å². The molecule has 1 fully saturated rings. The van der Waals surface area contributed by atoms with Crippen LogP contribution in [0.15, 0.2) is 30.3 Å². The highest BCUT2D eigenvalue weighted by Gasteiger charge is 2.44. The van der Waals surface area contributed by atoms with Crippen LogP contribution in [0, 0.1) is 5.92 Å². The summed E-state index contributed by atoms with van der Waals surface area (Å²) >= 11 is 0. The summed E-state index contributed by atoms with van der Waals surface area (Å²) in [5, 5.41) is 11.8. The quantitative estimate of drug-likeness (QED) is 0.786. The molecule has 20 heavy (non-hydrogen) atoms. The molecular weight excluding hydrogens is 258 g/mol. The molecule has 2 N–H and O–H groups in total. The summed E-state index contributed by atoms with van der Waals surface area (Å²) in [4.78, 5) is 23.2. The van der Waals surface area contributed by atoms with E-state index in [1.807, 2.05) is 37.3 Å². The lowest BCUT2D eigenvalue weighted by Gasteiger charge is -2.14. The topological polar surface area (TPSA) is 75.6 Å². The van der Waals surface area contributed by atoms with Gasteiger partial charge < -0.3 is 15.2 Å². The van der Waals surface area contributed by atoms with E-state index in [0.29, 0.717) is 13.0 Å². The van der Waals surface area contributed by atoms with Crippen LogP contribution in [0.2, 0.25) is 0 Å². The number of benzene rings is 1. The Balaban J connectivity index is 1.90. The Bertz CT molecular complexity index is 474. The van der Waals surface area contributed by atoms with Gasteiger partial charge in [-0.3, -0.25) is 4.79 Å². The van der Waals surface area contributed by atoms with Crippen molar-refractivity contribution in [1.29, 1.82) is 0 Å². The predicted molar refractivity (Wildman–Crippen MR) is 73.2 cm³/mol. The van der Waals surface area contributed by atoms with Crippen LogP contribution >= 0.6 is 0 Å². The molecule has 3 atom stereocenters. The number of rotatable bonds is 7. The summed E-state index contributed by atoms with van der Waals surface area (Å²) in [6, 6.07) is 8.37. The van der Waals surface area contributed by atoms with Gasteiger partial charge in [0.25, 0.3) is 0 Å². The Morgan fingerprint density at radius 1 is 1.40 bits per heavy atom. The minimum Gasteiger partial charge on any atom is -0.480 e. The van der Waals surface area contributed by atoms with Crippen LogP contribution in [-0.2, 0) is 20.7 Å². The Morgan fingerprint density at radius 2 is 2.10 bits per heavy atom. The van der Waals surface area contributed by atoms with Crippen LogP contribution in [0.25, 0.3) is 0 Å². The third kappa shape index (κ3) is 3.81. The second-order valence-electron chi connectivity index (χ2n) is 4.93. The molecule has 1 aromatic rings. The average molecular weight is 277 g/mol. The standard InChI is InChI=1S/C15H19NO4/c1-2-20-13-9-11(13)14(17)16-12(15(18)19)8-10-6-4-3-5-7-10/h3-7,11-13H,2,8-9H2,1H3,(H,16,17)(H,18,19)/t11-,12+,13+/m0/s1. The first-order chi connectivity index (χ1) is 9.61. The number of hydrogen-bond acceptors (Lipinski definition) is 3. The normalized spacial score (nSPS) is 22.1. The van der Waals surface area contributed by atoms with E-state index < -0.39 is 12.0 Å². The number of carbonyl (C=O) groups is 2. The van der Waals surface area contributed by atoms with E-state index >= 15 is 0 Å². The van der Waals surface area contributed by atoms with E-state index in [1.165, 1.54) is 0 Å². The average Bonchev–Trinajstić information content (AvgIpc) is 3.19. The lowest BCUT2D eigenvalue weighted by Crippen LogP contribution is -2.43. The SMILES string of the molecule is CCO[C@@H]1C[C@@H]1C(=O)N[C@H](Cc1ccccc1)C(=O)O. The van der Waals surface area contributed by atoms with Crippen LogP contribution in [0.3, 0.4) is 0 Å². The summed E-state index contributed by atoms with van der Waals surface area (Å²) in [6.07, 6.45) is 0.914. The molecule has 1 aliphatic rings. The van der Waals surface area contributed by atoms with Crippen molar-refractivity contribution in [3.8, 4) is 0 Å². The number of hydrogen-bond donors (Lipinski definition) is 2. The second kappa shape index (κ2) is 6.52. The Morgan fingerprint density at radius 3 is 2.70 bits per heavy atom. The molecule has 0 radical (unpaired) electrons. The molecule has 108 valence electrons. The molecule has 5 heteroatoms. The fourth-order valence-corrected chi connectivity index (χ4v) is 2.17. The van der Waals surface area contributed by atoms with Crippen molar-refractivity contribution in [1.82, 2.24) is 5.32 Å². The Hall–Kier alpha value is -1.88. The lowest BCUT2D eigenvalue weighted by atomic mass is 10.1. The third-order valence-electron chi connectivity index (χ3n) is 3.35. The molecule has 1 aromatic carbocycles.